The van der Waals surface area contributed by atoms with Crippen LogP contribution in [0, 0.1) is 0 Å². The van der Waals surface area contributed by atoms with Crippen LogP contribution in [0.2, 0.25) is 5.02 Å². The SMILES string of the molecule is CC(C)c1ocnc1C(=O)Nc1nccn1Cc1ccccc1Cl. The fourth-order valence-electron chi connectivity index (χ4n) is 2.37. The fraction of sp³-hybridized carbons (Fsp3) is 0.235. The molecule has 0 aliphatic carbocycles. The van der Waals surface area contributed by atoms with E-state index in [2.05, 4.69) is 15.3 Å². The molecule has 2 heterocycles. The van der Waals surface area contributed by atoms with Gasteiger partial charge in [0.1, 0.15) is 5.76 Å². The van der Waals surface area contributed by atoms with E-state index in [1.165, 1.54) is 6.39 Å². The van der Waals surface area contributed by atoms with E-state index in [0.29, 0.717) is 23.3 Å². The van der Waals surface area contributed by atoms with Gasteiger partial charge in [0.2, 0.25) is 5.95 Å². The molecule has 1 amide bonds. The topological polar surface area (TPSA) is 73.0 Å². The minimum absolute atomic E-state index is 0.0659. The Hall–Kier alpha value is -2.60. The quantitative estimate of drug-likeness (QED) is 0.760. The molecule has 24 heavy (non-hydrogen) atoms. The molecule has 0 spiro atoms. The Balaban J connectivity index is 1.80. The summed E-state index contributed by atoms with van der Waals surface area (Å²) in [5, 5.41) is 3.44. The van der Waals surface area contributed by atoms with Crippen molar-refractivity contribution in [3.8, 4) is 0 Å². The van der Waals surface area contributed by atoms with E-state index in [-0.39, 0.29) is 17.5 Å². The third kappa shape index (κ3) is 3.33. The average molecular weight is 345 g/mol. The molecule has 0 saturated carbocycles. The summed E-state index contributed by atoms with van der Waals surface area (Å²) in [6, 6.07) is 7.56. The van der Waals surface area contributed by atoms with Crippen LogP contribution in [0.3, 0.4) is 0 Å². The number of carbonyl (C=O) groups excluding carboxylic acids is 1. The highest BCUT2D eigenvalue weighted by molar-refractivity contribution is 6.31. The lowest BCUT2D eigenvalue weighted by molar-refractivity contribution is 0.101. The maximum absolute atomic E-state index is 12.5. The van der Waals surface area contributed by atoms with Gasteiger partial charge in [-0.25, -0.2) is 9.97 Å². The molecule has 1 N–H and O–H groups in total. The van der Waals surface area contributed by atoms with Gasteiger partial charge in [0.05, 0.1) is 6.54 Å². The van der Waals surface area contributed by atoms with E-state index in [1.54, 1.807) is 12.4 Å². The van der Waals surface area contributed by atoms with E-state index in [9.17, 15) is 4.79 Å². The Kier molecular flexibility index (Phi) is 4.66. The lowest BCUT2D eigenvalue weighted by atomic mass is 10.1. The van der Waals surface area contributed by atoms with E-state index in [0.717, 1.165) is 5.56 Å². The van der Waals surface area contributed by atoms with Gasteiger partial charge in [-0.3, -0.25) is 10.1 Å². The molecule has 0 saturated heterocycles. The summed E-state index contributed by atoms with van der Waals surface area (Å²) >= 11 is 6.19. The molecule has 0 aliphatic rings. The standard InChI is InChI=1S/C17H17ClN4O2/c1-11(2)15-14(20-10-24-15)16(23)21-17-19-7-8-22(17)9-12-5-3-4-6-13(12)18/h3-8,10-11H,9H2,1-2H3,(H,19,21,23). The second kappa shape index (κ2) is 6.88. The predicted octanol–water partition coefficient (Wildman–Crippen LogP) is 3.95. The first-order valence-electron chi connectivity index (χ1n) is 7.55. The van der Waals surface area contributed by atoms with Gasteiger partial charge < -0.3 is 8.98 Å². The van der Waals surface area contributed by atoms with Crippen molar-refractivity contribution in [1.29, 1.82) is 0 Å². The number of carbonyl (C=O) groups is 1. The number of imidazole rings is 1. The van der Waals surface area contributed by atoms with E-state index in [4.69, 9.17) is 16.0 Å². The van der Waals surface area contributed by atoms with Crippen molar-refractivity contribution in [2.24, 2.45) is 0 Å². The zero-order valence-corrected chi connectivity index (χ0v) is 14.1. The number of oxazole rings is 1. The molecule has 0 bridgehead atoms. The highest BCUT2D eigenvalue weighted by Gasteiger charge is 2.20. The number of anilines is 1. The van der Waals surface area contributed by atoms with Crippen molar-refractivity contribution in [3.63, 3.8) is 0 Å². The molecular formula is C17H17ClN4O2. The molecule has 124 valence electrons. The van der Waals surface area contributed by atoms with Crippen molar-refractivity contribution in [2.45, 2.75) is 26.3 Å². The van der Waals surface area contributed by atoms with Gasteiger partial charge in [-0.05, 0) is 11.6 Å². The minimum Gasteiger partial charge on any atom is -0.447 e. The Labute approximate surface area is 144 Å². The number of nitrogens with one attached hydrogen (secondary N) is 1. The Morgan fingerprint density at radius 2 is 2.12 bits per heavy atom. The summed E-state index contributed by atoms with van der Waals surface area (Å²) < 4.78 is 7.11. The van der Waals surface area contributed by atoms with Gasteiger partial charge >= 0.3 is 0 Å². The van der Waals surface area contributed by atoms with Crippen LogP contribution in [0.25, 0.3) is 0 Å². The number of amides is 1. The van der Waals surface area contributed by atoms with Gasteiger partial charge in [0.15, 0.2) is 12.1 Å². The van der Waals surface area contributed by atoms with Crippen LogP contribution < -0.4 is 5.32 Å². The smallest absolute Gasteiger partial charge is 0.280 e. The second-order valence-corrected chi connectivity index (χ2v) is 6.05. The molecule has 6 nitrogen and oxygen atoms in total. The summed E-state index contributed by atoms with van der Waals surface area (Å²) in [5.74, 6) is 0.699. The number of hydrogen-bond acceptors (Lipinski definition) is 4. The third-order valence-corrected chi connectivity index (χ3v) is 3.94. The van der Waals surface area contributed by atoms with Gasteiger partial charge in [-0.2, -0.15) is 0 Å². The van der Waals surface area contributed by atoms with Crippen molar-refractivity contribution in [2.75, 3.05) is 5.32 Å². The number of rotatable bonds is 5. The summed E-state index contributed by atoms with van der Waals surface area (Å²) in [6.07, 6.45) is 4.68. The highest BCUT2D eigenvalue weighted by atomic mass is 35.5. The Morgan fingerprint density at radius 1 is 1.33 bits per heavy atom. The van der Waals surface area contributed by atoms with Gasteiger partial charge in [-0.1, -0.05) is 43.6 Å². The summed E-state index contributed by atoms with van der Waals surface area (Å²) in [5.41, 5.74) is 1.22. The molecule has 7 heteroatoms. The molecule has 0 aliphatic heterocycles. The number of benzene rings is 1. The van der Waals surface area contributed by atoms with Crippen molar-refractivity contribution in [1.82, 2.24) is 14.5 Å². The van der Waals surface area contributed by atoms with E-state index < -0.39 is 0 Å². The maximum Gasteiger partial charge on any atom is 0.280 e. The maximum atomic E-state index is 12.5. The summed E-state index contributed by atoms with van der Waals surface area (Å²) in [7, 11) is 0. The first-order chi connectivity index (χ1) is 11.6. The third-order valence-electron chi connectivity index (χ3n) is 3.57. The van der Waals surface area contributed by atoms with E-state index >= 15 is 0 Å². The Morgan fingerprint density at radius 3 is 2.88 bits per heavy atom. The largest absolute Gasteiger partial charge is 0.447 e. The Bertz CT molecular complexity index is 854. The normalized spacial score (nSPS) is 11.0. The van der Waals surface area contributed by atoms with Crippen LogP contribution in [-0.4, -0.2) is 20.4 Å². The molecule has 0 radical (unpaired) electrons. The predicted molar refractivity (Wildman–Crippen MR) is 91.3 cm³/mol. The lowest BCUT2D eigenvalue weighted by Crippen LogP contribution is -2.18. The van der Waals surface area contributed by atoms with Crippen LogP contribution in [0.5, 0.6) is 0 Å². The van der Waals surface area contributed by atoms with Gasteiger partial charge in [0, 0.05) is 23.3 Å². The molecule has 0 unspecified atom stereocenters. The van der Waals surface area contributed by atoms with Crippen LogP contribution in [-0.2, 0) is 6.54 Å². The van der Waals surface area contributed by atoms with Crippen LogP contribution in [0.15, 0.2) is 47.5 Å². The van der Waals surface area contributed by atoms with Gasteiger partial charge in [-0.15, -0.1) is 0 Å². The van der Waals surface area contributed by atoms with Crippen molar-refractivity contribution in [3.05, 3.63) is 65.1 Å². The fourth-order valence-corrected chi connectivity index (χ4v) is 2.56. The zero-order chi connectivity index (χ0) is 17.1. The molecule has 3 aromatic rings. The minimum atomic E-state index is -0.348. The lowest BCUT2D eigenvalue weighted by Gasteiger charge is -2.10. The highest BCUT2D eigenvalue weighted by Crippen LogP contribution is 2.21. The molecule has 3 rings (SSSR count). The molecule has 2 aromatic heterocycles. The van der Waals surface area contributed by atoms with Crippen LogP contribution in [0.1, 0.15) is 41.6 Å². The first-order valence-corrected chi connectivity index (χ1v) is 7.93. The molecule has 0 atom stereocenters. The molecule has 1 aromatic carbocycles. The molecule has 0 fully saturated rings. The first kappa shape index (κ1) is 16.3. The average Bonchev–Trinajstić information content (AvgIpc) is 3.19. The number of aromatic nitrogens is 3. The zero-order valence-electron chi connectivity index (χ0n) is 13.4. The summed E-state index contributed by atoms with van der Waals surface area (Å²) in [6.45, 7) is 4.39. The second-order valence-electron chi connectivity index (χ2n) is 5.64. The van der Waals surface area contributed by atoms with Crippen molar-refractivity contribution < 1.29 is 9.21 Å². The number of nitrogens with zero attached hydrogens (tertiary/aromatic N) is 3. The van der Waals surface area contributed by atoms with Crippen LogP contribution in [0.4, 0.5) is 5.95 Å². The summed E-state index contributed by atoms with van der Waals surface area (Å²) in [4.78, 5) is 20.7. The van der Waals surface area contributed by atoms with Crippen molar-refractivity contribution >= 4 is 23.5 Å². The number of hydrogen-bond donors (Lipinski definition) is 1. The van der Waals surface area contributed by atoms with Gasteiger partial charge in [0.25, 0.3) is 5.91 Å². The van der Waals surface area contributed by atoms with E-state index in [1.807, 2.05) is 42.7 Å². The molecular weight excluding hydrogens is 328 g/mol. The van der Waals surface area contributed by atoms with Crippen LogP contribution >= 0.6 is 11.6 Å². The monoisotopic (exact) mass is 344 g/mol. The number of halogens is 1.